The second-order valence-corrected chi connectivity index (χ2v) is 11.9. The Labute approximate surface area is 261 Å². The molecule has 2 aromatic heterocycles. The molecule has 2 aliphatic heterocycles. The smallest absolute Gasteiger partial charge is 0.264 e. The van der Waals surface area contributed by atoms with Gasteiger partial charge in [0.15, 0.2) is 0 Å². The maximum atomic E-state index is 15.3. The maximum absolute atomic E-state index is 15.3. The molecule has 1 amide bonds. The first kappa shape index (κ1) is 30.2. The summed E-state index contributed by atoms with van der Waals surface area (Å²) < 4.78 is 28.4. The van der Waals surface area contributed by atoms with Crippen LogP contribution >= 0.6 is 0 Å². The minimum atomic E-state index is -0.500. The van der Waals surface area contributed by atoms with Crippen LogP contribution in [0.15, 0.2) is 72.6 Å². The summed E-state index contributed by atoms with van der Waals surface area (Å²) in [4.78, 5) is 26.8. The highest BCUT2D eigenvalue weighted by atomic mass is 19.1. The molecular weight excluding hydrogens is 573 g/mol. The van der Waals surface area contributed by atoms with Crippen LogP contribution in [0.5, 0.6) is 11.5 Å². The van der Waals surface area contributed by atoms with Gasteiger partial charge in [0, 0.05) is 55.5 Å². The Balaban J connectivity index is 1.23. The first-order valence-electron chi connectivity index (χ1n) is 15.2. The zero-order valence-electron chi connectivity index (χ0n) is 25.4. The van der Waals surface area contributed by atoms with Gasteiger partial charge in [0.05, 0.1) is 25.1 Å². The number of para-hydroxylation sites is 1. The Morgan fingerprint density at radius 2 is 1.96 bits per heavy atom. The number of carbonyl (C=O) groups excluding carboxylic acids is 1. The molecule has 2 saturated heterocycles. The second-order valence-electron chi connectivity index (χ2n) is 11.9. The van der Waals surface area contributed by atoms with Crippen molar-refractivity contribution in [1.82, 2.24) is 24.2 Å². The lowest BCUT2D eigenvalue weighted by atomic mass is 9.97. The van der Waals surface area contributed by atoms with Gasteiger partial charge >= 0.3 is 0 Å². The number of aromatic nitrogens is 3. The largest absolute Gasteiger partial charge is 0.457 e. The van der Waals surface area contributed by atoms with Crippen molar-refractivity contribution in [2.45, 2.75) is 44.7 Å². The quantitative estimate of drug-likeness (QED) is 0.219. The molecule has 0 unspecified atom stereocenters. The fourth-order valence-electron chi connectivity index (χ4n) is 6.15. The van der Waals surface area contributed by atoms with E-state index in [1.165, 1.54) is 6.07 Å². The van der Waals surface area contributed by atoms with Crippen LogP contribution in [-0.2, 0) is 16.0 Å². The molecule has 4 heterocycles. The lowest BCUT2D eigenvalue weighted by molar-refractivity contribution is -0.127. The number of amides is 1. The zero-order chi connectivity index (χ0) is 31.6. The third-order valence-electron chi connectivity index (χ3n) is 8.55. The van der Waals surface area contributed by atoms with E-state index in [2.05, 4.69) is 20.9 Å². The van der Waals surface area contributed by atoms with E-state index >= 15 is 4.39 Å². The van der Waals surface area contributed by atoms with Crippen molar-refractivity contribution in [1.29, 1.82) is 5.26 Å². The molecule has 0 saturated carbocycles. The van der Waals surface area contributed by atoms with Gasteiger partial charge < -0.3 is 20.1 Å². The molecule has 2 aliphatic rings. The van der Waals surface area contributed by atoms with Gasteiger partial charge in [-0.2, -0.15) is 5.26 Å². The number of fused-ring (bicyclic) bond motifs is 1. The SMILES string of the molecule is CC(C)(C=C(C#N)C(=O)N1CCC[C@H]1Cc1ncc2c(N)nc(-c3ccc(Oc4ccccc4)cc3F)cn12)N1CCOCC1. The molecule has 0 aliphatic carbocycles. The number of halogens is 1. The first-order chi connectivity index (χ1) is 21.7. The van der Waals surface area contributed by atoms with E-state index in [0.717, 1.165) is 25.9 Å². The summed E-state index contributed by atoms with van der Waals surface area (Å²) in [6.07, 6.45) is 7.18. The van der Waals surface area contributed by atoms with Gasteiger partial charge in [0.1, 0.15) is 46.1 Å². The van der Waals surface area contributed by atoms with Gasteiger partial charge in [-0.05, 0) is 57.0 Å². The standard InChI is InChI=1S/C34H36FN7O3/c1-34(2,40-13-15-44-16-14-40)19-23(20-36)33(43)41-12-6-7-24(41)17-31-38-21-30-32(37)39-29(22-42(30)31)27-11-10-26(18-28(27)35)45-25-8-4-3-5-9-25/h3-5,8-11,18-19,21-22,24H,6-7,12-17H2,1-2H3,(H2,37,39)/t24-/m0/s1. The molecule has 0 radical (unpaired) electrons. The third-order valence-corrected chi connectivity index (χ3v) is 8.55. The van der Waals surface area contributed by atoms with E-state index in [1.54, 1.807) is 47.6 Å². The van der Waals surface area contributed by atoms with Gasteiger partial charge in [0.25, 0.3) is 5.91 Å². The Kier molecular flexibility index (Phi) is 8.52. The summed E-state index contributed by atoms with van der Waals surface area (Å²) >= 11 is 0. The number of rotatable bonds is 8. The van der Waals surface area contributed by atoms with Crippen molar-refractivity contribution in [3.05, 3.63) is 84.2 Å². The summed E-state index contributed by atoms with van der Waals surface area (Å²) in [6.45, 7) is 7.33. The molecule has 2 N–H and O–H groups in total. The highest BCUT2D eigenvalue weighted by Gasteiger charge is 2.34. The van der Waals surface area contributed by atoms with Gasteiger partial charge in [-0.25, -0.2) is 14.4 Å². The fraction of sp³-hybridized carbons (Fsp3) is 0.353. The summed E-state index contributed by atoms with van der Waals surface area (Å²) in [5, 5.41) is 10.0. The molecule has 6 rings (SSSR count). The normalized spacial score (nSPS) is 17.9. The molecule has 10 nitrogen and oxygen atoms in total. The number of ether oxygens (including phenoxy) is 2. The number of nitrogens with zero attached hydrogens (tertiary/aromatic N) is 6. The average molecular weight is 610 g/mol. The number of nitrogens with two attached hydrogens (primary N) is 1. The molecule has 11 heteroatoms. The van der Waals surface area contributed by atoms with Gasteiger partial charge in [-0.3, -0.25) is 14.1 Å². The van der Waals surface area contributed by atoms with Crippen LogP contribution in [0, 0.1) is 17.1 Å². The predicted molar refractivity (Wildman–Crippen MR) is 168 cm³/mol. The van der Waals surface area contributed by atoms with Crippen molar-refractivity contribution in [3.8, 4) is 28.8 Å². The predicted octanol–water partition coefficient (Wildman–Crippen LogP) is 5.00. The monoisotopic (exact) mass is 609 g/mol. The molecule has 2 fully saturated rings. The van der Waals surface area contributed by atoms with Crippen LogP contribution in [0.4, 0.5) is 10.2 Å². The highest BCUT2D eigenvalue weighted by molar-refractivity contribution is 5.97. The number of morpholine rings is 1. The van der Waals surface area contributed by atoms with Crippen LogP contribution in [0.2, 0.25) is 0 Å². The van der Waals surface area contributed by atoms with E-state index < -0.39 is 11.4 Å². The molecular formula is C34H36FN7O3. The lowest BCUT2D eigenvalue weighted by Gasteiger charge is -2.39. The average Bonchev–Trinajstić information content (AvgIpc) is 3.68. The Bertz CT molecular complexity index is 1770. The fourth-order valence-corrected chi connectivity index (χ4v) is 6.15. The van der Waals surface area contributed by atoms with Crippen LogP contribution in [0.1, 0.15) is 32.5 Å². The number of nitrogen functional groups attached to an aromatic ring is 1. The molecule has 232 valence electrons. The van der Waals surface area contributed by atoms with Crippen molar-refractivity contribution in [2.75, 3.05) is 38.6 Å². The maximum Gasteiger partial charge on any atom is 0.264 e. The third kappa shape index (κ3) is 6.38. The summed E-state index contributed by atoms with van der Waals surface area (Å²) in [7, 11) is 0. The minimum absolute atomic E-state index is 0.136. The molecule has 4 aromatic rings. The van der Waals surface area contributed by atoms with E-state index in [-0.39, 0.29) is 28.9 Å². The molecule has 45 heavy (non-hydrogen) atoms. The number of hydrogen-bond donors (Lipinski definition) is 1. The molecule has 0 spiro atoms. The van der Waals surface area contributed by atoms with Crippen molar-refractivity contribution < 1.29 is 18.7 Å². The van der Waals surface area contributed by atoms with Crippen molar-refractivity contribution >= 4 is 17.2 Å². The van der Waals surface area contributed by atoms with E-state index in [0.29, 0.717) is 54.7 Å². The first-order valence-corrected chi connectivity index (χ1v) is 15.2. The van der Waals surface area contributed by atoms with E-state index in [9.17, 15) is 10.1 Å². The number of benzene rings is 2. The Morgan fingerprint density at radius 1 is 1.18 bits per heavy atom. The van der Waals surface area contributed by atoms with Crippen molar-refractivity contribution in [2.24, 2.45) is 0 Å². The number of imidazole rings is 1. The van der Waals surface area contributed by atoms with Crippen molar-refractivity contribution in [3.63, 3.8) is 0 Å². The zero-order valence-corrected chi connectivity index (χ0v) is 25.4. The molecule has 0 bridgehead atoms. The Morgan fingerprint density at radius 3 is 2.69 bits per heavy atom. The second kappa shape index (κ2) is 12.7. The number of carbonyl (C=O) groups is 1. The lowest BCUT2D eigenvalue weighted by Crippen LogP contribution is -2.49. The topological polar surface area (TPSA) is 122 Å². The minimum Gasteiger partial charge on any atom is -0.457 e. The number of nitriles is 1. The van der Waals surface area contributed by atoms with Crippen LogP contribution in [0.3, 0.4) is 0 Å². The highest BCUT2D eigenvalue weighted by Crippen LogP contribution is 2.31. The summed E-state index contributed by atoms with van der Waals surface area (Å²) in [5.74, 6) is 1.09. The number of likely N-dealkylation sites (tertiary alicyclic amines) is 1. The number of hydrogen-bond acceptors (Lipinski definition) is 8. The summed E-state index contributed by atoms with van der Waals surface area (Å²) in [6, 6.07) is 15.8. The molecule has 2 aromatic carbocycles. The Hall–Kier alpha value is -4.79. The van der Waals surface area contributed by atoms with Gasteiger partial charge in [-0.1, -0.05) is 18.2 Å². The van der Waals surface area contributed by atoms with Crippen LogP contribution in [0.25, 0.3) is 16.8 Å². The van der Waals surface area contributed by atoms with Gasteiger partial charge in [0.2, 0.25) is 0 Å². The van der Waals surface area contributed by atoms with E-state index in [1.807, 2.05) is 36.4 Å². The van der Waals surface area contributed by atoms with E-state index in [4.69, 9.17) is 15.2 Å². The van der Waals surface area contributed by atoms with Crippen LogP contribution in [-0.4, -0.2) is 74.5 Å². The molecule has 1 atom stereocenters. The van der Waals surface area contributed by atoms with Gasteiger partial charge in [-0.15, -0.1) is 0 Å². The van der Waals surface area contributed by atoms with Crippen LogP contribution < -0.4 is 10.5 Å². The summed E-state index contributed by atoms with van der Waals surface area (Å²) in [5.41, 5.74) is 7.19. The number of anilines is 1.